The lowest BCUT2D eigenvalue weighted by molar-refractivity contribution is -0.148. The number of hydrogen-bond donors (Lipinski definition) is 2. The maximum atomic E-state index is 12.0. The summed E-state index contributed by atoms with van der Waals surface area (Å²) in [7, 11) is 0. The lowest BCUT2D eigenvalue weighted by Gasteiger charge is -2.27. The predicted octanol–water partition coefficient (Wildman–Crippen LogP) is 2.06. The molecule has 0 aromatic rings. The molecule has 0 radical (unpaired) electrons. The highest BCUT2D eigenvalue weighted by molar-refractivity contribution is 5.84. The van der Waals surface area contributed by atoms with Crippen molar-refractivity contribution in [3.8, 4) is 0 Å². The second kappa shape index (κ2) is 8.95. The summed E-state index contributed by atoms with van der Waals surface area (Å²) in [5, 5.41) is 11.9. The summed E-state index contributed by atoms with van der Waals surface area (Å²) in [6.45, 7) is 5.93. The Hall–Kier alpha value is -1.10. The Kier molecular flexibility index (Phi) is 7.59. The zero-order chi connectivity index (χ0) is 15.0. The average Bonchev–Trinajstić information content (AvgIpc) is 2.42. The van der Waals surface area contributed by atoms with E-state index in [1.54, 1.807) is 0 Å². The minimum atomic E-state index is -0.849. The molecule has 5 heteroatoms. The van der Waals surface area contributed by atoms with Crippen molar-refractivity contribution in [1.29, 1.82) is 0 Å². The predicted molar refractivity (Wildman–Crippen MR) is 76.4 cm³/mol. The quantitative estimate of drug-likeness (QED) is 0.669. The van der Waals surface area contributed by atoms with Crippen molar-refractivity contribution in [2.75, 3.05) is 19.8 Å². The molecule has 1 fully saturated rings. The van der Waals surface area contributed by atoms with Crippen molar-refractivity contribution in [2.45, 2.75) is 46.0 Å². The van der Waals surface area contributed by atoms with E-state index in [1.807, 2.05) is 0 Å². The number of amides is 1. The third kappa shape index (κ3) is 5.90. The number of carboxylic acid groups (broad SMARTS) is 1. The second-order valence-corrected chi connectivity index (χ2v) is 5.92. The molecule has 2 atom stereocenters. The summed E-state index contributed by atoms with van der Waals surface area (Å²) in [6, 6.07) is 0. The molecule has 2 N–H and O–H groups in total. The van der Waals surface area contributed by atoms with E-state index >= 15 is 0 Å². The zero-order valence-corrected chi connectivity index (χ0v) is 12.6. The van der Waals surface area contributed by atoms with Gasteiger partial charge in [-0.3, -0.25) is 9.59 Å². The summed E-state index contributed by atoms with van der Waals surface area (Å²) in [5.74, 6) is -1.27. The second-order valence-electron chi connectivity index (χ2n) is 5.92. The number of ether oxygens (including phenoxy) is 1. The van der Waals surface area contributed by atoms with Gasteiger partial charge < -0.3 is 15.2 Å². The van der Waals surface area contributed by atoms with Crippen LogP contribution in [0.25, 0.3) is 0 Å². The third-order valence-electron chi connectivity index (χ3n) is 3.81. The smallest absolute Gasteiger partial charge is 0.307 e. The normalized spacial score (nSPS) is 22.8. The minimum absolute atomic E-state index is 0.135. The van der Waals surface area contributed by atoms with Crippen molar-refractivity contribution in [3.63, 3.8) is 0 Å². The van der Waals surface area contributed by atoms with E-state index < -0.39 is 11.9 Å². The van der Waals surface area contributed by atoms with E-state index in [-0.39, 0.29) is 11.8 Å². The molecule has 20 heavy (non-hydrogen) atoms. The first-order chi connectivity index (χ1) is 9.52. The van der Waals surface area contributed by atoms with Crippen molar-refractivity contribution in [3.05, 3.63) is 0 Å². The van der Waals surface area contributed by atoms with Gasteiger partial charge in [0.25, 0.3) is 0 Å². The van der Waals surface area contributed by atoms with Gasteiger partial charge >= 0.3 is 5.97 Å². The van der Waals surface area contributed by atoms with Gasteiger partial charge in [-0.2, -0.15) is 0 Å². The van der Waals surface area contributed by atoms with Crippen LogP contribution in [0.4, 0.5) is 0 Å². The number of nitrogens with one attached hydrogen (secondary N) is 1. The molecule has 0 aromatic carbocycles. The highest BCUT2D eigenvalue weighted by Crippen LogP contribution is 2.30. The molecule has 0 unspecified atom stereocenters. The van der Waals surface area contributed by atoms with Gasteiger partial charge in [-0.15, -0.1) is 0 Å². The monoisotopic (exact) mass is 285 g/mol. The topological polar surface area (TPSA) is 75.6 Å². The fourth-order valence-electron chi connectivity index (χ4n) is 2.54. The molecular formula is C15H27NO4. The molecule has 0 spiro atoms. The third-order valence-corrected chi connectivity index (χ3v) is 3.81. The van der Waals surface area contributed by atoms with Gasteiger partial charge in [0.05, 0.1) is 18.4 Å². The Labute approximate surface area is 121 Å². The lowest BCUT2D eigenvalue weighted by atomic mass is 9.79. The van der Waals surface area contributed by atoms with Crippen LogP contribution in [0.5, 0.6) is 0 Å². The Morgan fingerprint density at radius 1 is 1.20 bits per heavy atom. The zero-order valence-electron chi connectivity index (χ0n) is 12.6. The minimum Gasteiger partial charge on any atom is -0.481 e. The fraction of sp³-hybridized carbons (Fsp3) is 0.867. The summed E-state index contributed by atoms with van der Waals surface area (Å²) in [4.78, 5) is 23.2. The van der Waals surface area contributed by atoms with E-state index in [4.69, 9.17) is 9.84 Å². The molecule has 1 amide bonds. The molecule has 0 heterocycles. The average molecular weight is 285 g/mol. The van der Waals surface area contributed by atoms with Crippen molar-refractivity contribution in [1.82, 2.24) is 5.32 Å². The van der Waals surface area contributed by atoms with Crippen LogP contribution in [-0.4, -0.2) is 36.7 Å². The Balaban J connectivity index is 2.22. The lowest BCUT2D eigenvalue weighted by Crippen LogP contribution is -2.40. The first-order valence-electron chi connectivity index (χ1n) is 7.60. The van der Waals surface area contributed by atoms with Gasteiger partial charge in [0, 0.05) is 13.2 Å². The molecule has 1 saturated carbocycles. The van der Waals surface area contributed by atoms with Crippen LogP contribution in [0.15, 0.2) is 0 Å². The molecule has 5 nitrogen and oxygen atoms in total. The summed E-state index contributed by atoms with van der Waals surface area (Å²) in [6.07, 6.45) is 4.14. The summed E-state index contributed by atoms with van der Waals surface area (Å²) in [5.41, 5.74) is 0. The number of carboxylic acids is 1. The van der Waals surface area contributed by atoms with Gasteiger partial charge in [-0.1, -0.05) is 26.7 Å². The summed E-state index contributed by atoms with van der Waals surface area (Å²) >= 11 is 0. The Morgan fingerprint density at radius 3 is 2.45 bits per heavy atom. The van der Waals surface area contributed by atoms with Crippen LogP contribution in [-0.2, 0) is 14.3 Å². The molecule has 1 rings (SSSR count). The number of hydrogen-bond acceptors (Lipinski definition) is 3. The van der Waals surface area contributed by atoms with Crippen LogP contribution in [0, 0.1) is 17.8 Å². The van der Waals surface area contributed by atoms with Crippen LogP contribution in [0.3, 0.4) is 0 Å². The van der Waals surface area contributed by atoms with E-state index in [2.05, 4.69) is 19.2 Å². The Bertz CT molecular complexity index is 317. The van der Waals surface area contributed by atoms with Crippen molar-refractivity contribution in [2.24, 2.45) is 17.8 Å². The highest BCUT2D eigenvalue weighted by Gasteiger charge is 2.35. The van der Waals surface area contributed by atoms with Crippen molar-refractivity contribution >= 4 is 11.9 Å². The van der Waals surface area contributed by atoms with E-state index in [9.17, 15) is 9.59 Å². The molecule has 0 bridgehead atoms. The van der Waals surface area contributed by atoms with Crippen LogP contribution >= 0.6 is 0 Å². The molecule has 1 aliphatic rings. The van der Waals surface area contributed by atoms with Gasteiger partial charge in [0.2, 0.25) is 5.91 Å². The Morgan fingerprint density at radius 2 is 1.85 bits per heavy atom. The van der Waals surface area contributed by atoms with Crippen LogP contribution in [0.1, 0.15) is 46.0 Å². The van der Waals surface area contributed by atoms with Crippen molar-refractivity contribution < 1.29 is 19.4 Å². The largest absolute Gasteiger partial charge is 0.481 e. The van der Waals surface area contributed by atoms with Gasteiger partial charge in [0.1, 0.15) is 0 Å². The molecule has 116 valence electrons. The van der Waals surface area contributed by atoms with Gasteiger partial charge in [-0.25, -0.2) is 0 Å². The van der Waals surface area contributed by atoms with Crippen LogP contribution in [0.2, 0.25) is 0 Å². The first kappa shape index (κ1) is 17.0. The maximum absolute atomic E-state index is 12.0. The maximum Gasteiger partial charge on any atom is 0.307 e. The number of aliphatic carboxylic acids is 1. The van der Waals surface area contributed by atoms with E-state index in [0.29, 0.717) is 38.5 Å². The van der Waals surface area contributed by atoms with Gasteiger partial charge in [0.15, 0.2) is 0 Å². The van der Waals surface area contributed by atoms with Gasteiger partial charge in [-0.05, 0) is 25.2 Å². The summed E-state index contributed by atoms with van der Waals surface area (Å²) < 4.78 is 5.43. The fourth-order valence-corrected chi connectivity index (χ4v) is 2.54. The van der Waals surface area contributed by atoms with Crippen LogP contribution < -0.4 is 5.32 Å². The number of carbonyl (C=O) groups excluding carboxylic acids is 1. The molecule has 0 saturated heterocycles. The first-order valence-corrected chi connectivity index (χ1v) is 7.60. The highest BCUT2D eigenvalue weighted by atomic mass is 16.5. The SMILES string of the molecule is CC(C)CCOCCNC(=O)[C@@H]1CCCC[C@@H]1C(=O)O. The molecular weight excluding hydrogens is 258 g/mol. The molecule has 1 aliphatic carbocycles. The molecule has 0 aliphatic heterocycles. The number of carbonyl (C=O) groups is 2. The van der Waals surface area contributed by atoms with E-state index in [0.717, 1.165) is 19.3 Å². The van der Waals surface area contributed by atoms with E-state index in [1.165, 1.54) is 0 Å². The number of rotatable bonds is 8. The molecule has 0 aromatic heterocycles. The standard InChI is InChI=1S/C15H27NO4/c1-11(2)7-9-20-10-8-16-14(17)12-5-3-4-6-13(12)15(18)19/h11-13H,3-10H2,1-2H3,(H,16,17)(H,18,19)/t12-,13+/m1/s1.